The number of hydrogen-bond donors (Lipinski definition) is 1. The number of carboxylic acids is 1. The number of nitrogens with zero attached hydrogens (tertiary/aromatic N) is 2. The lowest BCUT2D eigenvalue weighted by molar-refractivity contribution is 0.0691. The van der Waals surface area contributed by atoms with Gasteiger partial charge in [-0.3, -0.25) is 9.36 Å². The second-order valence-electron chi connectivity index (χ2n) is 4.29. The Bertz CT molecular complexity index is 825. The molecule has 0 fully saturated rings. The molecule has 0 radical (unpaired) electrons. The van der Waals surface area contributed by atoms with Crippen LogP contribution in [0.4, 0.5) is 13.2 Å². The molecule has 0 spiro atoms. The topological polar surface area (TPSA) is 81.3 Å². The molecule has 0 atom stereocenters. The molecule has 0 aliphatic carbocycles. The van der Waals surface area contributed by atoms with Crippen molar-refractivity contribution in [2.75, 3.05) is 0 Å². The Balaban J connectivity index is 2.78. The molecular weight excluding hydrogens is 305 g/mol. The summed E-state index contributed by atoms with van der Waals surface area (Å²) >= 11 is 0. The summed E-state index contributed by atoms with van der Waals surface area (Å²) in [5.74, 6) is -2.30. The molecule has 0 saturated carbocycles. The van der Waals surface area contributed by atoms with Gasteiger partial charge in [-0.05, 0) is 24.3 Å². The highest BCUT2D eigenvalue weighted by Gasteiger charge is 2.19. The molecule has 6 nitrogen and oxygen atoms in total. The van der Waals surface area contributed by atoms with E-state index in [0.29, 0.717) is 15.3 Å². The molecule has 1 N–H and O–H groups in total. The molecule has 0 unspecified atom stereocenters. The number of carboxylic acid groups (broad SMARTS) is 1. The maximum Gasteiger partial charge on any atom is 0.342 e. The average Bonchev–Trinajstić information content (AvgIpc) is 2.43. The first-order chi connectivity index (χ1) is 10.3. The molecule has 1 heterocycles. The van der Waals surface area contributed by atoms with Crippen molar-refractivity contribution in [1.82, 2.24) is 9.13 Å². The normalized spacial score (nSPS) is 10.9. The molecule has 0 saturated heterocycles. The zero-order valence-corrected chi connectivity index (χ0v) is 10.9. The highest BCUT2D eigenvalue weighted by atomic mass is 19.3. The van der Waals surface area contributed by atoms with Crippen molar-refractivity contribution in [2.45, 2.75) is 13.0 Å². The highest BCUT2D eigenvalue weighted by molar-refractivity contribution is 5.86. The Kier molecular flexibility index (Phi) is 4.15. The van der Waals surface area contributed by atoms with E-state index in [4.69, 9.17) is 5.11 Å². The van der Waals surface area contributed by atoms with E-state index < -0.39 is 41.6 Å². The molecular formula is C13H9F3N2O4. The Morgan fingerprint density at radius 3 is 2.27 bits per heavy atom. The lowest BCUT2D eigenvalue weighted by Crippen LogP contribution is -2.42. The van der Waals surface area contributed by atoms with Gasteiger partial charge in [0.25, 0.3) is 12.0 Å². The van der Waals surface area contributed by atoms with E-state index in [-0.39, 0.29) is 5.69 Å². The van der Waals surface area contributed by atoms with Gasteiger partial charge < -0.3 is 5.11 Å². The zero-order chi connectivity index (χ0) is 16.4. The largest absolute Gasteiger partial charge is 0.477 e. The average molecular weight is 314 g/mol. The fourth-order valence-corrected chi connectivity index (χ4v) is 1.85. The van der Waals surface area contributed by atoms with Gasteiger partial charge in [0, 0.05) is 6.20 Å². The Morgan fingerprint density at radius 1 is 1.18 bits per heavy atom. The van der Waals surface area contributed by atoms with Crippen LogP contribution in [0.2, 0.25) is 0 Å². The van der Waals surface area contributed by atoms with Gasteiger partial charge in [0.1, 0.15) is 11.4 Å². The van der Waals surface area contributed by atoms with Crippen molar-refractivity contribution >= 4 is 5.97 Å². The lowest BCUT2D eigenvalue weighted by atomic mass is 10.3. The van der Waals surface area contributed by atoms with Crippen LogP contribution in [0.15, 0.2) is 40.1 Å². The summed E-state index contributed by atoms with van der Waals surface area (Å²) < 4.78 is 38.7. The van der Waals surface area contributed by atoms with Crippen LogP contribution in [0.1, 0.15) is 10.4 Å². The summed E-state index contributed by atoms with van der Waals surface area (Å²) in [5.41, 5.74) is -3.29. The number of aromatic nitrogens is 2. The minimum absolute atomic E-state index is 0.123. The SMILES string of the molecule is O=C(O)c1cn(CC(F)F)c(=O)n(-c2ccc(F)cc2)c1=O. The third kappa shape index (κ3) is 2.92. The molecule has 1 aromatic carbocycles. The summed E-state index contributed by atoms with van der Waals surface area (Å²) in [6.07, 6.45) is -2.35. The van der Waals surface area contributed by atoms with Crippen LogP contribution >= 0.6 is 0 Å². The first-order valence-electron chi connectivity index (χ1n) is 5.95. The van der Waals surface area contributed by atoms with Crippen molar-refractivity contribution < 1.29 is 23.1 Å². The predicted octanol–water partition coefficient (Wildman–Crippen LogP) is 1.10. The second kappa shape index (κ2) is 5.88. The highest BCUT2D eigenvalue weighted by Crippen LogP contribution is 2.06. The standard InChI is InChI=1S/C13H9F3N2O4/c14-7-1-3-8(4-2-7)18-11(19)9(12(20)21)5-17(13(18)22)6-10(15)16/h1-5,10H,6H2,(H,20,21). The van der Waals surface area contributed by atoms with Crippen LogP contribution in [-0.4, -0.2) is 26.6 Å². The fourth-order valence-electron chi connectivity index (χ4n) is 1.85. The Hall–Kier alpha value is -2.84. The number of carbonyl (C=O) groups is 1. The molecule has 1 aromatic heterocycles. The van der Waals surface area contributed by atoms with Gasteiger partial charge in [0.15, 0.2) is 0 Å². The van der Waals surface area contributed by atoms with Crippen LogP contribution in [0.25, 0.3) is 5.69 Å². The van der Waals surface area contributed by atoms with Crippen molar-refractivity contribution in [1.29, 1.82) is 0 Å². The van der Waals surface area contributed by atoms with Gasteiger partial charge >= 0.3 is 11.7 Å². The smallest absolute Gasteiger partial charge is 0.342 e. The van der Waals surface area contributed by atoms with E-state index in [2.05, 4.69) is 0 Å². The fraction of sp³-hybridized carbons (Fsp3) is 0.154. The van der Waals surface area contributed by atoms with Crippen LogP contribution in [0.5, 0.6) is 0 Å². The molecule has 22 heavy (non-hydrogen) atoms. The summed E-state index contributed by atoms with van der Waals surface area (Å²) in [4.78, 5) is 35.2. The number of alkyl halides is 2. The summed E-state index contributed by atoms with van der Waals surface area (Å²) in [5, 5.41) is 8.95. The van der Waals surface area contributed by atoms with Gasteiger partial charge in [-0.1, -0.05) is 0 Å². The van der Waals surface area contributed by atoms with E-state index in [1.807, 2.05) is 0 Å². The van der Waals surface area contributed by atoms with E-state index in [1.54, 1.807) is 0 Å². The van der Waals surface area contributed by atoms with Crippen molar-refractivity contribution in [3.05, 3.63) is 62.7 Å². The van der Waals surface area contributed by atoms with Gasteiger partial charge in [-0.25, -0.2) is 27.3 Å². The maximum atomic E-state index is 12.9. The van der Waals surface area contributed by atoms with E-state index in [1.165, 1.54) is 0 Å². The minimum Gasteiger partial charge on any atom is -0.477 e. The van der Waals surface area contributed by atoms with Gasteiger partial charge in [0.2, 0.25) is 0 Å². The maximum absolute atomic E-state index is 12.9. The van der Waals surface area contributed by atoms with E-state index in [9.17, 15) is 27.6 Å². The van der Waals surface area contributed by atoms with Crippen molar-refractivity contribution in [3.63, 3.8) is 0 Å². The molecule has 0 aliphatic rings. The third-order valence-electron chi connectivity index (χ3n) is 2.81. The lowest BCUT2D eigenvalue weighted by Gasteiger charge is -2.11. The summed E-state index contributed by atoms with van der Waals surface area (Å²) in [7, 11) is 0. The Labute approximate surface area is 120 Å². The molecule has 2 rings (SSSR count). The summed E-state index contributed by atoms with van der Waals surface area (Å²) in [6.45, 7) is -1.07. The van der Waals surface area contributed by atoms with E-state index in [0.717, 1.165) is 24.3 Å². The number of benzene rings is 1. The van der Waals surface area contributed by atoms with Gasteiger partial charge in [0.05, 0.1) is 12.2 Å². The van der Waals surface area contributed by atoms with Crippen molar-refractivity contribution in [3.8, 4) is 5.69 Å². The first-order valence-corrected chi connectivity index (χ1v) is 5.95. The summed E-state index contributed by atoms with van der Waals surface area (Å²) in [6, 6.07) is 4.03. The van der Waals surface area contributed by atoms with Crippen molar-refractivity contribution in [2.24, 2.45) is 0 Å². The quantitative estimate of drug-likeness (QED) is 0.916. The molecule has 2 aromatic rings. The molecule has 116 valence electrons. The predicted molar refractivity (Wildman–Crippen MR) is 69.2 cm³/mol. The second-order valence-corrected chi connectivity index (χ2v) is 4.29. The molecule has 0 aliphatic heterocycles. The first kappa shape index (κ1) is 15.5. The van der Waals surface area contributed by atoms with Crippen LogP contribution in [0.3, 0.4) is 0 Å². The third-order valence-corrected chi connectivity index (χ3v) is 2.81. The molecule has 0 bridgehead atoms. The molecule has 9 heteroatoms. The Morgan fingerprint density at radius 2 is 1.77 bits per heavy atom. The minimum atomic E-state index is -2.92. The molecule has 0 amide bonds. The number of halogens is 3. The number of hydrogen-bond acceptors (Lipinski definition) is 3. The van der Waals surface area contributed by atoms with Crippen LogP contribution < -0.4 is 11.2 Å². The number of aromatic carboxylic acids is 1. The van der Waals surface area contributed by atoms with Gasteiger partial charge in [-0.15, -0.1) is 0 Å². The number of rotatable bonds is 4. The van der Waals surface area contributed by atoms with Crippen LogP contribution in [0, 0.1) is 5.82 Å². The monoisotopic (exact) mass is 314 g/mol. The van der Waals surface area contributed by atoms with E-state index >= 15 is 0 Å². The van der Waals surface area contributed by atoms with Gasteiger partial charge in [-0.2, -0.15) is 0 Å². The van der Waals surface area contributed by atoms with Crippen LogP contribution in [-0.2, 0) is 6.54 Å². The zero-order valence-electron chi connectivity index (χ0n) is 10.9.